The van der Waals surface area contributed by atoms with Crippen molar-refractivity contribution in [2.75, 3.05) is 0 Å². The summed E-state index contributed by atoms with van der Waals surface area (Å²) in [6.07, 6.45) is 3.70. The van der Waals surface area contributed by atoms with Crippen molar-refractivity contribution in [1.29, 1.82) is 0 Å². The first-order valence-electron chi connectivity index (χ1n) is 13.6. The van der Waals surface area contributed by atoms with Crippen LogP contribution in [0.15, 0.2) is 117 Å². The van der Waals surface area contributed by atoms with Gasteiger partial charge in [0.05, 0.1) is 6.21 Å². The molecular weight excluding hydrogens is 592 g/mol. The standard InChI is InChI=1S/C34H29BrN4O3/c1-23-7-8-24(2)39(23)28-13-15-29(16-14-28)41-22-30-17-18-33(42-30)34(40)37-36-19-26-21-38(32-6-4-3-5-31(26)32)20-25-9-11-27(35)12-10-25/h3-19,21H,20,22H2,1-2H3,(H,37,40)/b36-19+. The zero-order chi connectivity index (χ0) is 29.1. The molecule has 42 heavy (non-hydrogen) atoms. The summed E-state index contributed by atoms with van der Waals surface area (Å²) in [6.45, 7) is 5.09. The summed E-state index contributed by atoms with van der Waals surface area (Å²) in [5, 5.41) is 5.26. The molecule has 0 spiro atoms. The van der Waals surface area contributed by atoms with E-state index in [1.54, 1.807) is 18.3 Å². The van der Waals surface area contributed by atoms with Crippen LogP contribution in [0, 0.1) is 13.8 Å². The summed E-state index contributed by atoms with van der Waals surface area (Å²) in [4.78, 5) is 12.7. The van der Waals surface area contributed by atoms with Gasteiger partial charge in [-0.1, -0.05) is 46.3 Å². The highest BCUT2D eigenvalue weighted by atomic mass is 79.9. The Morgan fingerprint density at radius 3 is 2.43 bits per heavy atom. The molecule has 8 heteroatoms. The van der Waals surface area contributed by atoms with Gasteiger partial charge in [-0.25, -0.2) is 5.43 Å². The van der Waals surface area contributed by atoms with Crippen molar-refractivity contribution in [3.05, 3.63) is 142 Å². The molecule has 3 aromatic heterocycles. The Balaban J connectivity index is 1.07. The van der Waals surface area contributed by atoms with E-state index in [0.717, 1.165) is 33.2 Å². The number of rotatable bonds is 9. The van der Waals surface area contributed by atoms with Gasteiger partial charge in [-0.3, -0.25) is 4.79 Å². The van der Waals surface area contributed by atoms with Gasteiger partial charge in [0.1, 0.15) is 18.1 Å². The molecule has 1 N–H and O–H groups in total. The van der Waals surface area contributed by atoms with Crippen molar-refractivity contribution < 1.29 is 13.9 Å². The largest absolute Gasteiger partial charge is 0.486 e. The third-order valence-corrected chi connectivity index (χ3v) is 7.62. The maximum atomic E-state index is 12.7. The molecule has 0 saturated heterocycles. The van der Waals surface area contributed by atoms with Gasteiger partial charge in [-0.15, -0.1) is 0 Å². The van der Waals surface area contributed by atoms with E-state index in [1.807, 2.05) is 60.8 Å². The number of hydrogen-bond acceptors (Lipinski definition) is 4. The van der Waals surface area contributed by atoms with Crippen molar-refractivity contribution in [1.82, 2.24) is 14.6 Å². The van der Waals surface area contributed by atoms with E-state index < -0.39 is 5.91 Å². The Morgan fingerprint density at radius 2 is 1.67 bits per heavy atom. The number of nitrogens with zero attached hydrogens (tertiary/aromatic N) is 3. The fourth-order valence-electron chi connectivity index (χ4n) is 5.01. The Morgan fingerprint density at radius 1 is 0.929 bits per heavy atom. The van der Waals surface area contributed by atoms with E-state index in [-0.39, 0.29) is 12.4 Å². The fraction of sp³-hybridized carbons (Fsp3) is 0.118. The second-order valence-corrected chi connectivity index (χ2v) is 11.0. The summed E-state index contributed by atoms with van der Waals surface area (Å²) in [7, 11) is 0. The summed E-state index contributed by atoms with van der Waals surface area (Å²) in [5.41, 5.74) is 9.19. The number of halogens is 1. The lowest BCUT2D eigenvalue weighted by atomic mass is 10.2. The molecule has 6 rings (SSSR count). The normalized spacial score (nSPS) is 11.4. The molecule has 0 bridgehead atoms. The highest BCUT2D eigenvalue weighted by molar-refractivity contribution is 9.10. The van der Waals surface area contributed by atoms with Gasteiger partial charge in [0.15, 0.2) is 5.76 Å². The molecule has 210 valence electrons. The monoisotopic (exact) mass is 620 g/mol. The summed E-state index contributed by atoms with van der Waals surface area (Å²) in [6, 6.07) is 31.8. The maximum absolute atomic E-state index is 12.7. The minimum atomic E-state index is -0.432. The summed E-state index contributed by atoms with van der Waals surface area (Å²) in [5.74, 6) is 0.990. The Kier molecular flexibility index (Phi) is 7.79. The number of hydrazone groups is 1. The van der Waals surface area contributed by atoms with Crippen molar-refractivity contribution in [3.8, 4) is 11.4 Å². The molecule has 0 aliphatic carbocycles. The zero-order valence-electron chi connectivity index (χ0n) is 23.3. The first-order chi connectivity index (χ1) is 20.4. The van der Waals surface area contributed by atoms with E-state index >= 15 is 0 Å². The van der Waals surface area contributed by atoms with Gasteiger partial charge < -0.3 is 18.3 Å². The number of para-hydroxylation sites is 1. The topological polar surface area (TPSA) is 73.7 Å². The van der Waals surface area contributed by atoms with Gasteiger partial charge in [0.25, 0.3) is 0 Å². The number of carbonyl (C=O) groups excluding carboxylic acids is 1. The SMILES string of the molecule is Cc1ccc(C)n1-c1ccc(OCc2ccc(C(=O)N/N=C/c3cn(Cc4ccc(Br)cc4)c4ccccc34)o2)cc1. The number of benzene rings is 3. The molecule has 3 heterocycles. The molecule has 0 atom stereocenters. The lowest BCUT2D eigenvalue weighted by Crippen LogP contribution is -2.16. The molecule has 0 fully saturated rings. The minimum Gasteiger partial charge on any atom is -0.486 e. The second-order valence-electron chi connectivity index (χ2n) is 10.1. The van der Waals surface area contributed by atoms with Crippen LogP contribution in [0.25, 0.3) is 16.6 Å². The number of amides is 1. The molecule has 0 unspecified atom stereocenters. The van der Waals surface area contributed by atoms with Crippen LogP contribution in [-0.2, 0) is 13.2 Å². The van der Waals surface area contributed by atoms with Gasteiger partial charge >= 0.3 is 5.91 Å². The molecule has 7 nitrogen and oxygen atoms in total. The van der Waals surface area contributed by atoms with Crippen LogP contribution in [0.5, 0.6) is 5.75 Å². The molecule has 0 aliphatic heterocycles. The van der Waals surface area contributed by atoms with Crippen LogP contribution in [0.2, 0.25) is 0 Å². The van der Waals surface area contributed by atoms with Crippen molar-refractivity contribution in [2.24, 2.45) is 5.10 Å². The number of carbonyl (C=O) groups is 1. The van der Waals surface area contributed by atoms with Crippen molar-refractivity contribution >= 4 is 39.0 Å². The van der Waals surface area contributed by atoms with E-state index in [2.05, 4.69) is 79.8 Å². The highest BCUT2D eigenvalue weighted by Gasteiger charge is 2.12. The number of hydrogen-bond donors (Lipinski definition) is 1. The third kappa shape index (κ3) is 5.94. The number of aryl methyl sites for hydroxylation is 2. The highest BCUT2D eigenvalue weighted by Crippen LogP contribution is 2.23. The van der Waals surface area contributed by atoms with Crippen molar-refractivity contribution in [2.45, 2.75) is 27.0 Å². The smallest absolute Gasteiger partial charge is 0.307 e. The Hall–Kier alpha value is -4.82. The number of aromatic nitrogens is 2. The Bertz CT molecular complexity index is 1860. The van der Waals surface area contributed by atoms with Crippen molar-refractivity contribution in [3.63, 3.8) is 0 Å². The molecule has 0 aliphatic rings. The lowest BCUT2D eigenvalue weighted by Gasteiger charge is -2.10. The number of nitrogens with one attached hydrogen (secondary N) is 1. The fourth-order valence-corrected chi connectivity index (χ4v) is 5.27. The molecule has 0 saturated carbocycles. The van der Waals surface area contributed by atoms with Gasteiger partial charge in [-0.05, 0) is 86.1 Å². The molecule has 1 amide bonds. The van der Waals surface area contributed by atoms with Crippen LogP contribution in [0.3, 0.4) is 0 Å². The van der Waals surface area contributed by atoms with Crippen LogP contribution < -0.4 is 10.2 Å². The molecule has 3 aromatic carbocycles. The average Bonchev–Trinajstić information content (AvgIpc) is 3.71. The number of fused-ring (bicyclic) bond motifs is 1. The first kappa shape index (κ1) is 27.4. The quantitative estimate of drug-likeness (QED) is 0.132. The first-order valence-corrected chi connectivity index (χ1v) is 14.4. The predicted octanol–water partition coefficient (Wildman–Crippen LogP) is 7.80. The second kappa shape index (κ2) is 12.0. The van der Waals surface area contributed by atoms with E-state index in [0.29, 0.717) is 11.5 Å². The van der Waals surface area contributed by atoms with E-state index in [4.69, 9.17) is 9.15 Å². The lowest BCUT2D eigenvalue weighted by molar-refractivity contribution is 0.0923. The number of ether oxygens (including phenoxy) is 1. The molecular formula is C34H29BrN4O3. The third-order valence-electron chi connectivity index (χ3n) is 7.09. The molecule has 0 radical (unpaired) electrons. The summed E-state index contributed by atoms with van der Waals surface area (Å²) < 4.78 is 17.0. The van der Waals surface area contributed by atoms with Gasteiger partial charge in [-0.2, -0.15) is 5.10 Å². The Labute approximate surface area is 252 Å². The van der Waals surface area contributed by atoms with Crippen LogP contribution in [-0.4, -0.2) is 21.3 Å². The summed E-state index contributed by atoms with van der Waals surface area (Å²) >= 11 is 3.49. The maximum Gasteiger partial charge on any atom is 0.307 e. The van der Waals surface area contributed by atoms with E-state index in [9.17, 15) is 4.79 Å². The van der Waals surface area contributed by atoms with E-state index in [1.165, 1.54) is 17.0 Å². The van der Waals surface area contributed by atoms with Crippen LogP contribution >= 0.6 is 15.9 Å². The van der Waals surface area contributed by atoms with Gasteiger partial charge in [0, 0.05) is 50.8 Å². The number of furan rings is 1. The predicted molar refractivity (Wildman–Crippen MR) is 169 cm³/mol. The molecule has 6 aromatic rings. The van der Waals surface area contributed by atoms with Crippen LogP contribution in [0.4, 0.5) is 0 Å². The van der Waals surface area contributed by atoms with Gasteiger partial charge in [0.2, 0.25) is 0 Å². The van der Waals surface area contributed by atoms with Crippen LogP contribution in [0.1, 0.15) is 38.8 Å². The average molecular weight is 622 g/mol. The minimum absolute atomic E-state index is 0.164. The zero-order valence-corrected chi connectivity index (χ0v) is 24.8.